The van der Waals surface area contributed by atoms with Crippen LogP contribution < -0.4 is 15.4 Å². The fraction of sp³-hybridized carbons (Fsp3) is 0.483. The summed E-state index contributed by atoms with van der Waals surface area (Å²) >= 11 is 0. The summed E-state index contributed by atoms with van der Waals surface area (Å²) in [4.78, 5) is 41.5. The quantitative estimate of drug-likeness (QED) is 0.454. The summed E-state index contributed by atoms with van der Waals surface area (Å²) in [6, 6.07) is 8.27. The maximum Gasteiger partial charge on any atom is 0.416 e. The molecule has 222 valence electrons. The van der Waals surface area contributed by atoms with Crippen molar-refractivity contribution in [1.29, 1.82) is 0 Å². The molecule has 9 nitrogen and oxygen atoms in total. The molecular weight excluding hydrogens is 541 g/mol. The van der Waals surface area contributed by atoms with Gasteiger partial charge in [0.2, 0.25) is 11.8 Å². The molecule has 0 aromatic heterocycles. The molecule has 0 spiro atoms. The number of halogens is 3. The number of fused-ring (bicyclic) bond motifs is 1. The Kier molecular flexibility index (Phi) is 9.11. The van der Waals surface area contributed by atoms with Gasteiger partial charge in [0, 0.05) is 42.4 Å². The number of alkyl halides is 3. The average molecular weight is 577 g/mol. The summed E-state index contributed by atoms with van der Waals surface area (Å²) in [7, 11) is 1.54. The normalized spacial score (nSPS) is 20.1. The Morgan fingerprint density at radius 2 is 1.78 bits per heavy atom. The number of carbonyl (C=O) groups is 3. The fourth-order valence-electron chi connectivity index (χ4n) is 4.63. The first-order valence-corrected chi connectivity index (χ1v) is 13.6. The molecule has 0 bridgehead atoms. The third kappa shape index (κ3) is 7.69. The highest BCUT2D eigenvalue weighted by Crippen LogP contribution is 2.33. The Morgan fingerprint density at radius 1 is 1.12 bits per heavy atom. The smallest absolute Gasteiger partial charge is 0.416 e. The van der Waals surface area contributed by atoms with Gasteiger partial charge in [-0.05, 0) is 62.2 Å². The second-order valence-electron chi connectivity index (χ2n) is 10.9. The van der Waals surface area contributed by atoms with E-state index in [-0.39, 0.29) is 55.5 Å². The van der Waals surface area contributed by atoms with E-state index in [0.29, 0.717) is 17.0 Å². The van der Waals surface area contributed by atoms with Gasteiger partial charge in [-0.3, -0.25) is 9.59 Å². The van der Waals surface area contributed by atoms with E-state index in [1.165, 1.54) is 17.0 Å². The number of nitrogens with one attached hydrogen (secondary N) is 2. The Hall–Kier alpha value is -3.80. The van der Waals surface area contributed by atoms with Gasteiger partial charge in [0.1, 0.15) is 11.9 Å². The molecule has 3 atom stereocenters. The molecule has 0 unspecified atom stereocenters. The lowest BCUT2D eigenvalue weighted by atomic mass is 10.0. The number of urea groups is 1. The molecule has 2 aromatic rings. The average Bonchev–Trinajstić information content (AvgIpc) is 3.77. The summed E-state index contributed by atoms with van der Waals surface area (Å²) in [5, 5.41) is 15.3. The molecule has 1 aliphatic carbocycles. The topological polar surface area (TPSA) is 111 Å². The molecule has 4 rings (SSSR count). The molecule has 0 saturated heterocycles. The highest BCUT2D eigenvalue weighted by Gasteiger charge is 2.33. The van der Waals surface area contributed by atoms with Crippen LogP contribution >= 0.6 is 0 Å². The first-order valence-electron chi connectivity index (χ1n) is 13.6. The van der Waals surface area contributed by atoms with Gasteiger partial charge in [-0.25, -0.2) is 4.79 Å². The van der Waals surface area contributed by atoms with E-state index >= 15 is 0 Å². The van der Waals surface area contributed by atoms with E-state index < -0.39 is 29.9 Å². The number of carbonyl (C=O) groups excluding carboxylic acids is 3. The van der Waals surface area contributed by atoms with Crippen LogP contribution in [-0.4, -0.2) is 71.6 Å². The monoisotopic (exact) mass is 576 g/mol. The van der Waals surface area contributed by atoms with Crippen LogP contribution in [0.4, 0.5) is 29.3 Å². The fourth-order valence-corrected chi connectivity index (χ4v) is 4.63. The highest BCUT2D eigenvalue weighted by atomic mass is 19.4. The Labute approximate surface area is 236 Å². The molecule has 4 amide bonds. The lowest BCUT2D eigenvalue weighted by molar-refractivity contribution is -0.137. The summed E-state index contributed by atoms with van der Waals surface area (Å²) < 4.78 is 45.0. The molecule has 0 radical (unpaired) electrons. The van der Waals surface area contributed by atoms with E-state index in [9.17, 15) is 32.7 Å². The second kappa shape index (κ2) is 12.4. The number of aliphatic hydroxyl groups is 1. The Balaban J connectivity index is 1.53. The molecule has 1 aliphatic heterocycles. The molecule has 2 aliphatic rings. The SMILES string of the molecule is C[C@@H]1CN([C@H](C)CO)C(=O)Cc2cc(NC(=O)C3CC3)ccc2O[C@H]1CN(C)C(=O)Nc1ccc(C(F)(F)F)cc1. The maximum atomic E-state index is 13.3. The highest BCUT2D eigenvalue weighted by molar-refractivity contribution is 5.94. The van der Waals surface area contributed by atoms with Gasteiger partial charge in [-0.1, -0.05) is 6.92 Å². The standard InChI is InChI=1S/C29H35F3N4O5/c1-17-14-36(18(2)16-37)26(38)13-20-12-23(33-27(39)19-4-5-19)10-11-24(20)41-25(17)15-35(3)28(40)34-22-8-6-21(7-9-22)29(30,31)32/h6-12,17-19,25,37H,4-5,13-16H2,1-3H3,(H,33,39)(H,34,40)/t17-,18-,25+/m1/s1. The van der Waals surface area contributed by atoms with Crippen molar-refractivity contribution in [3.8, 4) is 5.75 Å². The van der Waals surface area contributed by atoms with Crippen molar-refractivity contribution in [2.45, 2.75) is 51.4 Å². The first-order chi connectivity index (χ1) is 19.3. The van der Waals surface area contributed by atoms with Crippen LogP contribution in [0.3, 0.4) is 0 Å². The number of nitrogens with zero attached hydrogens (tertiary/aromatic N) is 2. The van der Waals surface area contributed by atoms with Crippen LogP contribution in [0, 0.1) is 11.8 Å². The lowest BCUT2D eigenvalue weighted by Crippen LogP contribution is -2.48. The zero-order chi connectivity index (χ0) is 29.9. The summed E-state index contributed by atoms with van der Waals surface area (Å²) in [6.07, 6.45) is -3.36. The number of ether oxygens (including phenoxy) is 1. The van der Waals surface area contributed by atoms with Crippen molar-refractivity contribution in [3.63, 3.8) is 0 Å². The van der Waals surface area contributed by atoms with Crippen LogP contribution in [0.25, 0.3) is 0 Å². The molecule has 12 heteroatoms. The van der Waals surface area contributed by atoms with Gasteiger partial charge < -0.3 is 30.3 Å². The van der Waals surface area contributed by atoms with Gasteiger partial charge >= 0.3 is 12.2 Å². The minimum absolute atomic E-state index is 0.00347. The molecule has 1 fully saturated rings. The molecule has 3 N–H and O–H groups in total. The minimum atomic E-state index is -4.48. The predicted molar refractivity (Wildman–Crippen MR) is 146 cm³/mol. The summed E-state index contributed by atoms with van der Waals surface area (Å²) in [6.45, 7) is 3.76. The van der Waals surface area contributed by atoms with Gasteiger partial charge in [0.05, 0.1) is 31.2 Å². The van der Waals surface area contributed by atoms with E-state index in [2.05, 4.69) is 10.6 Å². The predicted octanol–water partition coefficient (Wildman–Crippen LogP) is 4.37. The van der Waals surface area contributed by atoms with Crippen molar-refractivity contribution < 1.29 is 37.4 Å². The molecule has 41 heavy (non-hydrogen) atoms. The molecular formula is C29H35F3N4O5. The number of benzene rings is 2. The zero-order valence-corrected chi connectivity index (χ0v) is 23.2. The van der Waals surface area contributed by atoms with Crippen LogP contribution in [0.2, 0.25) is 0 Å². The van der Waals surface area contributed by atoms with E-state index in [1.54, 1.807) is 37.1 Å². The number of aliphatic hydroxyl groups excluding tert-OH is 1. The second-order valence-corrected chi connectivity index (χ2v) is 10.9. The van der Waals surface area contributed by atoms with Crippen LogP contribution in [0.1, 0.15) is 37.8 Å². The van der Waals surface area contributed by atoms with Crippen molar-refractivity contribution in [2.75, 3.05) is 37.4 Å². The van der Waals surface area contributed by atoms with Crippen molar-refractivity contribution in [1.82, 2.24) is 9.80 Å². The minimum Gasteiger partial charge on any atom is -0.488 e. The van der Waals surface area contributed by atoms with Crippen LogP contribution in [-0.2, 0) is 22.2 Å². The van der Waals surface area contributed by atoms with E-state index in [4.69, 9.17) is 4.74 Å². The number of amides is 4. The largest absolute Gasteiger partial charge is 0.488 e. The van der Waals surface area contributed by atoms with E-state index in [0.717, 1.165) is 25.0 Å². The Morgan fingerprint density at radius 3 is 2.39 bits per heavy atom. The van der Waals surface area contributed by atoms with Crippen molar-refractivity contribution in [3.05, 3.63) is 53.6 Å². The number of anilines is 2. The van der Waals surface area contributed by atoms with Gasteiger partial charge in [-0.15, -0.1) is 0 Å². The van der Waals surface area contributed by atoms with Gasteiger partial charge in [0.15, 0.2) is 0 Å². The molecule has 1 saturated carbocycles. The number of hydrogen-bond donors (Lipinski definition) is 3. The number of likely N-dealkylation sites (N-methyl/N-ethyl adjacent to an activating group) is 1. The third-order valence-electron chi connectivity index (χ3n) is 7.40. The number of rotatable bonds is 7. The number of hydrogen-bond acceptors (Lipinski definition) is 5. The van der Waals surface area contributed by atoms with E-state index in [1.807, 2.05) is 6.92 Å². The first kappa shape index (κ1) is 30.2. The zero-order valence-electron chi connectivity index (χ0n) is 23.2. The molecule has 1 heterocycles. The van der Waals surface area contributed by atoms with Gasteiger partial charge in [0.25, 0.3) is 0 Å². The molecule has 2 aromatic carbocycles. The summed E-state index contributed by atoms with van der Waals surface area (Å²) in [5.41, 5.74) is 0.505. The maximum absolute atomic E-state index is 13.3. The summed E-state index contributed by atoms with van der Waals surface area (Å²) in [5.74, 6) is -0.0939. The third-order valence-corrected chi connectivity index (χ3v) is 7.40. The van der Waals surface area contributed by atoms with Gasteiger partial charge in [-0.2, -0.15) is 13.2 Å². The van der Waals surface area contributed by atoms with Crippen LogP contribution in [0.5, 0.6) is 5.75 Å². The van der Waals surface area contributed by atoms with Crippen molar-refractivity contribution >= 4 is 29.2 Å². The lowest BCUT2D eigenvalue weighted by Gasteiger charge is -2.34. The van der Waals surface area contributed by atoms with Crippen LogP contribution in [0.15, 0.2) is 42.5 Å². The van der Waals surface area contributed by atoms with Crippen molar-refractivity contribution in [2.24, 2.45) is 11.8 Å². The Bertz CT molecular complexity index is 1270.